The fourth-order valence-electron chi connectivity index (χ4n) is 3.71. The van der Waals surface area contributed by atoms with E-state index in [4.69, 9.17) is 4.74 Å². The summed E-state index contributed by atoms with van der Waals surface area (Å²) in [6.45, 7) is 2.42. The van der Waals surface area contributed by atoms with Crippen LogP contribution in [-0.2, 0) is 0 Å². The van der Waals surface area contributed by atoms with E-state index in [9.17, 15) is 4.79 Å². The van der Waals surface area contributed by atoms with Crippen molar-refractivity contribution in [2.75, 3.05) is 13.7 Å². The number of Topliss-reactive ketones (excluding diaryl/α,β-unsaturated/α-hetero) is 1. The topological polar surface area (TPSA) is 55.3 Å². The molecule has 3 heterocycles. The first-order chi connectivity index (χ1) is 10.2. The quantitative estimate of drug-likeness (QED) is 0.796. The number of carbonyl (C=O) groups is 1. The molecular weight excluding hydrogens is 266 g/mol. The average molecular weight is 289 g/mol. The standard InChI is InChI=1S/C16H23N3O2/c1-3-21-16-17-9-12(10-18-16)15(20)11-7-13-5-4-6-14(8-11)19(13)2/h9-11,13-14H,3-8H2,1-2H3. The summed E-state index contributed by atoms with van der Waals surface area (Å²) in [6, 6.07) is 1.47. The molecule has 21 heavy (non-hydrogen) atoms. The molecule has 114 valence electrons. The van der Waals surface area contributed by atoms with Gasteiger partial charge >= 0.3 is 6.01 Å². The van der Waals surface area contributed by atoms with E-state index in [2.05, 4.69) is 21.9 Å². The predicted octanol–water partition coefficient (Wildman–Crippen LogP) is 2.32. The van der Waals surface area contributed by atoms with Crippen LogP contribution >= 0.6 is 0 Å². The maximum atomic E-state index is 12.7. The van der Waals surface area contributed by atoms with E-state index in [1.54, 1.807) is 12.4 Å². The molecule has 2 fully saturated rings. The predicted molar refractivity (Wildman–Crippen MR) is 79.4 cm³/mol. The summed E-state index contributed by atoms with van der Waals surface area (Å²) in [7, 11) is 2.20. The Balaban J connectivity index is 1.70. The van der Waals surface area contributed by atoms with Gasteiger partial charge in [-0.3, -0.25) is 4.79 Å². The van der Waals surface area contributed by atoms with Crippen molar-refractivity contribution in [3.05, 3.63) is 18.0 Å². The number of nitrogens with zero attached hydrogens (tertiary/aromatic N) is 3. The molecule has 1 aromatic heterocycles. The van der Waals surface area contributed by atoms with Gasteiger partial charge in [-0.25, -0.2) is 9.97 Å². The highest BCUT2D eigenvalue weighted by Crippen LogP contribution is 2.37. The smallest absolute Gasteiger partial charge is 0.316 e. The molecule has 0 spiro atoms. The van der Waals surface area contributed by atoms with Crippen molar-refractivity contribution in [2.24, 2.45) is 5.92 Å². The molecule has 5 heteroatoms. The van der Waals surface area contributed by atoms with Crippen LogP contribution in [0.5, 0.6) is 6.01 Å². The number of ether oxygens (including phenoxy) is 1. The Bertz CT molecular complexity index is 489. The molecule has 0 saturated carbocycles. The lowest BCUT2D eigenvalue weighted by atomic mass is 9.76. The lowest BCUT2D eigenvalue weighted by Gasteiger charge is -2.46. The van der Waals surface area contributed by atoms with Gasteiger partial charge in [-0.05, 0) is 39.7 Å². The summed E-state index contributed by atoms with van der Waals surface area (Å²) in [6.07, 6.45) is 8.89. The van der Waals surface area contributed by atoms with Crippen molar-refractivity contribution < 1.29 is 9.53 Å². The zero-order valence-corrected chi connectivity index (χ0v) is 12.8. The third kappa shape index (κ3) is 2.93. The first kappa shape index (κ1) is 14.4. The maximum Gasteiger partial charge on any atom is 0.316 e. The number of fused-ring (bicyclic) bond motifs is 2. The lowest BCUT2D eigenvalue weighted by Crippen LogP contribution is -2.51. The molecule has 2 bridgehead atoms. The maximum absolute atomic E-state index is 12.7. The van der Waals surface area contributed by atoms with E-state index in [1.807, 2.05) is 6.92 Å². The molecule has 3 rings (SSSR count). The summed E-state index contributed by atoms with van der Waals surface area (Å²) in [5, 5.41) is 0. The average Bonchev–Trinajstić information content (AvgIpc) is 2.47. The Hall–Kier alpha value is -1.49. The second kappa shape index (κ2) is 6.10. The highest BCUT2D eigenvalue weighted by atomic mass is 16.5. The number of ketones is 1. The highest BCUT2D eigenvalue weighted by Gasteiger charge is 2.38. The number of carbonyl (C=O) groups excluding carboxylic acids is 1. The van der Waals surface area contributed by atoms with Crippen molar-refractivity contribution in [3.63, 3.8) is 0 Å². The number of hydrogen-bond acceptors (Lipinski definition) is 5. The fourth-order valence-corrected chi connectivity index (χ4v) is 3.71. The van der Waals surface area contributed by atoms with Crippen LogP contribution in [0, 0.1) is 5.92 Å². The van der Waals surface area contributed by atoms with Gasteiger partial charge in [0.1, 0.15) is 0 Å². The summed E-state index contributed by atoms with van der Waals surface area (Å²) in [4.78, 5) is 23.4. The molecule has 1 aromatic rings. The SMILES string of the molecule is CCOc1ncc(C(=O)C2CC3CCCC(C2)N3C)cn1. The van der Waals surface area contributed by atoms with Gasteiger partial charge in [0, 0.05) is 30.4 Å². The minimum Gasteiger partial charge on any atom is -0.464 e. The van der Waals surface area contributed by atoms with Gasteiger partial charge in [0.25, 0.3) is 0 Å². The lowest BCUT2D eigenvalue weighted by molar-refractivity contribution is 0.0338. The third-order valence-corrected chi connectivity index (χ3v) is 4.90. The van der Waals surface area contributed by atoms with Crippen molar-refractivity contribution in [2.45, 2.75) is 51.1 Å². The van der Waals surface area contributed by atoms with Crippen LogP contribution in [0.2, 0.25) is 0 Å². The van der Waals surface area contributed by atoms with Gasteiger partial charge in [-0.1, -0.05) is 6.42 Å². The van der Waals surface area contributed by atoms with Gasteiger partial charge in [-0.15, -0.1) is 0 Å². The Labute approximate surface area is 125 Å². The van der Waals surface area contributed by atoms with Crippen LogP contribution in [0.25, 0.3) is 0 Å². The monoisotopic (exact) mass is 289 g/mol. The minimum absolute atomic E-state index is 0.123. The molecule has 0 aromatic carbocycles. The van der Waals surface area contributed by atoms with Gasteiger partial charge in [0.2, 0.25) is 0 Å². The zero-order chi connectivity index (χ0) is 14.8. The van der Waals surface area contributed by atoms with E-state index in [0.717, 1.165) is 12.8 Å². The van der Waals surface area contributed by atoms with E-state index in [1.165, 1.54) is 19.3 Å². The molecule has 2 aliphatic rings. The largest absolute Gasteiger partial charge is 0.464 e. The molecule has 2 unspecified atom stereocenters. The van der Waals surface area contributed by atoms with Crippen LogP contribution < -0.4 is 4.74 Å². The van der Waals surface area contributed by atoms with Gasteiger partial charge in [0.15, 0.2) is 5.78 Å². The molecule has 0 aliphatic carbocycles. The first-order valence-corrected chi connectivity index (χ1v) is 7.90. The highest BCUT2D eigenvalue weighted by molar-refractivity contribution is 5.97. The molecule has 2 aliphatic heterocycles. The summed E-state index contributed by atoms with van der Waals surface area (Å²) in [5.74, 6) is 0.320. The van der Waals surface area contributed by atoms with Gasteiger partial charge < -0.3 is 9.64 Å². The summed E-state index contributed by atoms with van der Waals surface area (Å²) >= 11 is 0. The Morgan fingerprint density at radius 3 is 2.48 bits per heavy atom. The first-order valence-electron chi connectivity index (χ1n) is 7.90. The normalized spacial score (nSPS) is 29.1. The number of hydrogen-bond donors (Lipinski definition) is 0. The van der Waals surface area contributed by atoms with Crippen molar-refractivity contribution >= 4 is 5.78 Å². The molecule has 0 radical (unpaired) electrons. The van der Waals surface area contributed by atoms with Crippen LogP contribution in [0.15, 0.2) is 12.4 Å². The van der Waals surface area contributed by atoms with Gasteiger partial charge in [-0.2, -0.15) is 0 Å². The summed E-state index contributed by atoms with van der Waals surface area (Å²) < 4.78 is 5.22. The number of rotatable bonds is 4. The second-order valence-electron chi connectivity index (χ2n) is 6.12. The summed E-state index contributed by atoms with van der Waals surface area (Å²) in [5.41, 5.74) is 0.617. The molecular formula is C16H23N3O2. The fraction of sp³-hybridized carbons (Fsp3) is 0.688. The minimum atomic E-state index is 0.123. The van der Waals surface area contributed by atoms with Crippen LogP contribution in [-0.4, -0.2) is 46.4 Å². The van der Waals surface area contributed by atoms with E-state index in [-0.39, 0.29) is 11.7 Å². The van der Waals surface area contributed by atoms with Crippen LogP contribution in [0.4, 0.5) is 0 Å². The van der Waals surface area contributed by atoms with E-state index in [0.29, 0.717) is 30.3 Å². The van der Waals surface area contributed by atoms with Crippen LogP contribution in [0.3, 0.4) is 0 Å². The molecule has 2 atom stereocenters. The van der Waals surface area contributed by atoms with E-state index >= 15 is 0 Å². The van der Waals surface area contributed by atoms with Crippen molar-refractivity contribution in [1.29, 1.82) is 0 Å². The Morgan fingerprint density at radius 2 is 1.90 bits per heavy atom. The molecule has 5 nitrogen and oxygen atoms in total. The zero-order valence-electron chi connectivity index (χ0n) is 12.8. The number of aromatic nitrogens is 2. The number of piperidine rings is 2. The second-order valence-corrected chi connectivity index (χ2v) is 6.12. The Morgan fingerprint density at radius 1 is 1.29 bits per heavy atom. The third-order valence-electron chi connectivity index (χ3n) is 4.90. The van der Waals surface area contributed by atoms with E-state index < -0.39 is 0 Å². The molecule has 0 N–H and O–H groups in total. The van der Waals surface area contributed by atoms with Crippen molar-refractivity contribution in [1.82, 2.24) is 14.9 Å². The van der Waals surface area contributed by atoms with Crippen molar-refractivity contribution in [3.8, 4) is 6.01 Å². The van der Waals surface area contributed by atoms with Crippen LogP contribution in [0.1, 0.15) is 49.4 Å². The molecule has 2 saturated heterocycles. The Kier molecular flexibility index (Phi) is 4.19. The van der Waals surface area contributed by atoms with Gasteiger partial charge in [0.05, 0.1) is 12.2 Å². The molecule has 0 amide bonds.